The van der Waals surface area contributed by atoms with Gasteiger partial charge in [-0.1, -0.05) is 29.3 Å². The molecule has 184 valence electrons. The first-order chi connectivity index (χ1) is 16.7. The third-order valence-corrected chi connectivity index (χ3v) is 8.06. The van der Waals surface area contributed by atoms with Gasteiger partial charge in [-0.15, -0.1) is 23.2 Å². The Morgan fingerprint density at radius 2 is 1.91 bits per heavy atom. The molecule has 0 bridgehead atoms. The molecule has 2 N–H and O–H groups in total. The van der Waals surface area contributed by atoms with E-state index in [0.717, 1.165) is 22.6 Å². The molecule has 2 atom stereocenters. The fraction of sp³-hybridized carbons (Fsp3) is 0.280. The SMILES string of the molecule is Cc1cc(Cl)cc(C2C(C(=O)Nc3ccc(Cl)c(C(=O)NCCSCc4ccco4)c3)C2(Cl)Cl)c1. The van der Waals surface area contributed by atoms with Gasteiger partial charge in [0, 0.05) is 28.9 Å². The zero-order chi connectivity index (χ0) is 25.2. The van der Waals surface area contributed by atoms with E-state index in [-0.39, 0.29) is 22.4 Å². The quantitative estimate of drug-likeness (QED) is 0.212. The summed E-state index contributed by atoms with van der Waals surface area (Å²) in [7, 11) is 0. The zero-order valence-corrected chi connectivity index (χ0v) is 22.5. The topological polar surface area (TPSA) is 71.3 Å². The van der Waals surface area contributed by atoms with E-state index in [1.807, 2.05) is 31.2 Å². The summed E-state index contributed by atoms with van der Waals surface area (Å²) in [6, 6.07) is 14.0. The second-order valence-corrected chi connectivity index (χ2v) is 11.7. The summed E-state index contributed by atoms with van der Waals surface area (Å²) in [5.74, 6) is 0.590. The number of furan rings is 1. The van der Waals surface area contributed by atoms with Crippen molar-refractivity contribution in [2.75, 3.05) is 17.6 Å². The van der Waals surface area contributed by atoms with Gasteiger partial charge in [-0.05, 0) is 60.5 Å². The standard InChI is InChI=1S/C25H22Cl4N2O3S/c1-14-9-15(11-16(26)10-14)21-22(25(21,28)29)24(33)31-17-4-5-20(27)19(12-17)23(32)30-6-8-35-13-18-3-2-7-34-18/h2-5,7,9-12,21-22H,6,8,13H2,1H3,(H,30,32)(H,31,33). The van der Waals surface area contributed by atoms with E-state index in [9.17, 15) is 9.59 Å². The molecule has 0 aliphatic heterocycles. The number of hydrogen-bond donors (Lipinski definition) is 2. The van der Waals surface area contributed by atoms with Crippen molar-refractivity contribution in [1.29, 1.82) is 0 Å². The van der Waals surface area contributed by atoms with Gasteiger partial charge in [0.05, 0.1) is 28.5 Å². The molecule has 1 heterocycles. The van der Waals surface area contributed by atoms with Crippen LogP contribution in [0.5, 0.6) is 0 Å². The highest BCUT2D eigenvalue weighted by Crippen LogP contribution is 2.65. The first kappa shape index (κ1) is 26.2. The smallest absolute Gasteiger partial charge is 0.252 e. The van der Waals surface area contributed by atoms with E-state index >= 15 is 0 Å². The number of aryl methyl sites for hydroxylation is 1. The minimum Gasteiger partial charge on any atom is -0.468 e. The number of hydrogen-bond acceptors (Lipinski definition) is 4. The zero-order valence-electron chi connectivity index (χ0n) is 18.6. The van der Waals surface area contributed by atoms with Crippen LogP contribution in [0, 0.1) is 12.8 Å². The van der Waals surface area contributed by atoms with Crippen LogP contribution >= 0.6 is 58.2 Å². The van der Waals surface area contributed by atoms with E-state index in [1.54, 1.807) is 36.2 Å². The van der Waals surface area contributed by atoms with Gasteiger partial charge in [0.15, 0.2) is 0 Å². The number of nitrogens with one attached hydrogen (secondary N) is 2. The number of halogens is 4. The number of amides is 2. The summed E-state index contributed by atoms with van der Waals surface area (Å²) in [4.78, 5) is 25.6. The predicted octanol–water partition coefficient (Wildman–Crippen LogP) is 7.08. The first-order valence-electron chi connectivity index (χ1n) is 10.8. The van der Waals surface area contributed by atoms with Gasteiger partial charge in [-0.2, -0.15) is 11.8 Å². The van der Waals surface area contributed by atoms with Crippen LogP contribution in [0.3, 0.4) is 0 Å². The molecule has 0 spiro atoms. The van der Waals surface area contributed by atoms with E-state index in [2.05, 4.69) is 10.6 Å². The van der Waals surface area contributed by atoms with Gasteiger partial charge in [-0.25, -0.2) is 0 Å². The van der Waals surface area contributed by atoms with Crippen LogP contribution in [-0.2, 0) is 10.5 Å². The largest absolute Gasteiger partial charge is 0.468 e. The van der Waals surface area contributed by atoms with Crippen molar-refractivity contribution in [3.05, 3.63) is 87.3 Å². The van der Waals surface area contributed by atoms with Crippen molar-refractivity contribution >= 4 is 75.7 Å². The van der Waals surface area contributed by atoms with E-state index in [1.165, 1.54) is 6.07 Å². The maximum Gasteiger partial charge on any atom is 0.252 e. The molecule has 0 saturated heterocycles. The number of alkyl halides is 2. The van der Waals surface area contributed by atoms with Crippen molar-refractivity contribution in [2.45, 2.75) is 22.9 Å². The normalized spacial score (nSPS) is 18.2. The van der Waals surface area contributed by atoms with Gasteiger partial charge >= 0.3 is 0 Å². The summed E-state index contributed by atoms with van der Waals surface area (Å²) < 4.78 is 4.04. The summed E-state index contributed by atoms with van der Waals surface area (Å²) in [5, 5.41) is 6.50. The van der Waals surface area contributed by atoms with Crippen molar-refractivity contribution in [1.82, 2.24) is 5.32 Å². The van der Waals surface area contributed by atoms with E-state index in [4.69, 9.17) is 50.8 Å². The molecule has 35 heavy (non-hydrogen) atoms. The van der Waals surface area contributed by atoms with Crippen LogP contribution in [0.25, 0.3) is 0 Å². The van der Waals surface area contributed by atoms with Gasteiger partial charge < -0.3 is 15.1 Å². The van der Waals surface area contributed by atoms with Crippen LogP contribution in [0.15, 0.2) is 59.2 Å². The molecule has 1 aliphatic carbocycles. The van der Waals surface area contributed by atoms with Gasteiger partial charge in [0.2, 0.25) is 5.91 Å². The third-order valence-electron chi connectivity index (χ3n) is 5.59. The lowest BCUT2D eigenvalue weighted by atomic mass is 10.1. The molecule has 3 aromatic rings. The third kappa shape index (κ3) is 6.30. The average Bonchev–Trinajstić information content (AvgIpc) is 3.09. The Bertz CT molecular complexity index is 1210. The maximum atomic E-state index is 13.0. The molecular weight excluding hydrogens is 550 g/mol. The van der Waals surface area contributed by atoms with Crippen LogP contribution in [0.1, 0.15) is 33.2 Å². The summed E-state index contributed by atoms with van der Waals surface area (Å²) in [6.45, 7) is 2.37. The highest BCUT2D eigenvalue weighted by Gasteiger charge is 2.67. The number of carbonyl (C=O) groups is 2. The Balaban J connectivity index is 1.35. The van der Waals surface area contributed by atoms with Crippen molar-refractivity contribution in [2.24, 2.45) is 5.92 Å². The Kier molecular flexibility index (Phi) is 8.29. The predicted molar refractivity (Wildman–Crippen MR) is 144 cm³/mol. The number of benzene rings is 2. The molecular formula is C25H22Cl4N2O3S. The fourth-order valence-electron chi connectivity index (χ4n) is 3.91. The Morgan fingerprint density at radius 3 is 2.63 bits per heavy atom. The molecule has 4 rings (SSSR count). The lowest BCUT2D eigenvalue weighted by Crippen LogP contribution is -2.26. The van der Waals surface area contributed by atoms with Gasteiger partial charge in [0.25, 0.3) is 5.91 Å². The lowest BCUT2D eigenvalue weighted by molar-refractivity contribution is -0.117. The molecule has 1 aromatic heterocycles. The number of thioether (sulfide) groups is 1. The molecule has 1 aliphatic rings. The van der Waals surface area contributed by atoms with Crippen LogP contribution in [0.2, 0.25) is 10.0 Å². The van der Waals surface area contributed by atoms with Crippen LogP contribution in [0.4, 0.5) is 5.69 Å². The molecule has 2 amide bonds. The molecule has 5 nitrogen and oxygen atoms in total. The van der Waals surface area contributed by atoms with Gasteiger partial charge in [-0.3, -0.25) is 9.59 Å². The van der Waals surface area contributed by atoms with Crippen molar-refractivity contribution in [3.63, 3.8) is 0 Å². The summed E-state index contributed by atoms with van der Waals surface area (Å²) in [6.07, 6.45) is 1.63. The molecule has 1 saturated carbocycles. The highest BCUT2D eigenvalue weighted by atomic mass is 35.5. The fourth-order valence-corrected chi connectivity index (χ4v) is 5.99. The molecule has 2 aromatic carbocycles. The molecule has 10 heteroatoms. The van der Waals surface area contributed by atoms with Crippen LogP contribution in [-0.4, -0.2) is 28.4 Å². The highest BCUT2D eigenvalue weighted by molar-refractivity contribution is 7.98. The monoisotopic (exact) mass is 570 g/mol. The summed E-state index contributed by atoms with van der Waals surface area (Å²) in [5.41, 5.74) is 2.45. The first-order valence-corrected chi connectivity index (χ1v) is 13.5. The minimum absolute atomic E-state index is 0.265. The van der Waals surface area contributed by atoms with Crippen molar-refractivity contribution in [3.8, 4) is 0 Å². The Hall–Kier alpha value is -1.83. The van der Waals surface area contributed by atoms with E-state index < -0.39 is 16.2 Å². The maximum absolute atomic E-state index is 13.0. The minimum atomic E-state index is -1.25. The summed E-state index contributed by atoms with van der Waals surface area (Å²) >= 11 is 27.0. The molecule has 1 fully saturated rings. The average molecular weight is 572 g/mol. The lowest BCUT2D eigenvalue weighted by Gasteiger charge is -2.10. The number of anilines is 1. The Labute approximate surface area is 227 Å². The van der Waals surface area contributed by atoms with Gasteiger partial charge in [0.1, 0.15) is 10.1 Å². The number of rotatable bonds is 9. The van der Waals surface area contributed by atoms with E-state index in [0.29, 0.717) is 23.0 Å². The second-order valence-electron chi connectivity index (χ2n) is 8.26. The van der Waals surface area contributed by atoms with Crippen LogP contribution < -0.4 is 10.6 Å². The number of carbonyl (C=O) groups excluding carboxylic acids is 2. The Morgan fingerprint density at radius 1 is 1.11 bits per heavy atom. The second kappa shape index (κ2) is 11.1. The van der Waals surface area contributed by atoms with Crippen molar-refractivity contribution < 1.29 is 14.0 Å². The molecule has 2 unspecified atom stereocenters. The molecule has 0 radical (unpaired) electrons.